The van der Waals surface area contributed by atoms with Crippen molar-refractivity contribution in [1.29, 1.82) is 0 Å². The number of aryl methyl sites for hydroxylation is 1. The lowest BCUT2D eigenvalue weighted by molar-refractivity contribution is 0.167. The molecule has 0 radical (unpaired) electrons. The monoisotopic (exact) mass is 632 g/mol. The molecule has 45 heavy (non-hydrogen) atoms. The Balaban J connectivity index is 1.14. The smallest absolute Gasteiger partial charge is 0.200 e. The molecule has 2 aliphatic carbocycles. The molecule has 2 nitrogen and oxygen atoms in total. The molecule has 0 spiro atoms. The van der Waals surface area contributed by atoms with Gasteiger partial charge < -0.3 is 9.84 Å². The van der Waals surface area contributed by atoms with Crippen molar-refractivity contribution in [3.63, 3.8) is 0 Å². The second-order valence-corrected chi connectivity index (χ2v) is 12.8. The standard InChI is InChI=1S/C37H42F6O2/c1-3-30(44)29-18-17-27(34(40)36(29)42)22-8-5-21(6-9-22)7-10-25-15-16-26(33(39)32(25)38)23-11-13-24(14-12-23)28-19-20-31(45-4-2)37(43)35(28)41/h15-24,30,44H,3-14H2,1-2H3. The van der Waals surface area contributed by atoms with Gasteiger partial charge in [-0.15, -0.1) is 0 Å². The van der Waals surface area contributed by atoms with Gasteiger partial charge in [0, 0.05) is 5.56 Å². The predicted octanol–water partition coefficient (Wildman–Crippen LogP) is 10.7. The topological polar surface area (TPSA) is 29.5 Å². The Kier molecular flexibility index (Phi) is 10.8. The van der Waals surface area contributed by atoms with Gasteiger partial charge in [-0.25, -0.2) is 22.0 Å². The van der Waals surface area contributed by atoms with Crippen molar-refractivity contribution >= 4 is 0 Å². The van der Waals surface area contributed by atoms with E-state index < -0.39 is 41.0 Å². The van der Waals surface area contributed by atoms with E-state index in [4.69, 9.17) is 4.74 Å². The van der Waals surface area contributed by atoms with Gasteiger partial charge in [-0.1, -0.05) is 37.3 Å². The van der Waals surface area contributed by atoms with Crippen LogP contribution in [0.4, 0.5) is 26.3 Å². The Hall–Kier alpha value is -3.00. The summed E-state index contributed by atoms with van der Waals surface area (Å²) in [6, 6.07) is 9.40. The minimum absolute atomic E-state index is 0.0172. The third kappa shape index (κ3) is 7.06. The van der Waals surface area contributed by atoms with Crippen molar-refractivity contribution in [3.05, 3.63) is 99.1 Å². The number of hydrogen-bond acceptors (Lipinski definition) is 2. The minimum Gasteiger partial charge on any atom is -0.491 e. The largest absolute Gasteiger partial charge is 0.491 e. The Morgan fingerprint density at radius 3 is 1.67 bits per heavy atom. The van der Waals surface area contributed by atoms with Crippen LogP contribution in [-0.2, 0) is 6.42 Å². The van der Waals surface area contributed by atoms with Crippen LogP contribution in [0.25, 0.3) is 0 Å². The zero-order chi connectivity index (χ0) is 32.2. The van der Waals surface area contributed by atoms with Crippen molar-refractivity contribution in [2.75, 3.05) is 6.61 Å². The highest BCUT2D eigenvalue weighted by Gasteiger charge is 2.31. The zero-order valence-electron chi connectivity index (χ0n) is 26.0. The van der Waals surface area contributed by atoms with Gasteiger partial charge in [-0.2, -0.15) is 4.39 Å². The van der Waals surface area contributed by atoms with Gasteiger partial charge in [0.25, 0.3) is 0 Å². The molecule has 1 unspecified atom stereocenters. The molecule has 1 N–H and O–H groups in total. The molecule has 5 rings (SSSR count). The van der Waals surface area contributed by atoms with E-state index in [1.807, 2.05) is 0 Å². The van der Waals surface area contributed by atoms with Crippen molar-refractivity contribution in [3.8, 4) is 5.75 Å². The average Bonchev–Trinajstić information content (AvgIpc) is 3.05. The number of hydrogen-bond donors (Lipinski definition) is 1. The molecule has 0 saturated heterocycles. The maximum atomic E-state index is 15.3. The van der Waals surface area contributed by atoms with Gasteiger partial charge in [0.1, 0.15) is 0 Å². The van der Waals surface area contributed by atoms with E-state index in [1.54, 1.807) is 38.1 Å². The molecule has 0 aromatic heterocycles. The van der Waals surface area contributed by atoms with E-state index >= 15 is 8.78 Å². The molecule has 3 aromatic rings. The Morgan fingerprint density at radius 1 is 0.622 bits per heavy atom. The molecule has 0 heterocycles. The number of aliphatic hydroxyl groups is 1. The van der Waals surface area contributed by atoms with Crippen LogP contribution in [0.3, 0.4) is 0 Å². The van der Waals surface area contributed by atoms with Gasteiger partial charge in [0.2, 0.25) is 5.82 Å². The molecule has 1 atom stereocenters. The number of aliphatic hydroxyl groups excluding tert-OH is 1. The molecule has 8 heteroatoms. The summed E-state index contributed by atoms with van der Waals surface area (Å²) in [5, 5.41) is 9.94. The fourth-order valence-electron chi connectivity index (χ4n) is 7.45. The van der Waals surface area contributed by atoms with Crippen LogP contribution < -0.4 is 4.74 Å². The van der Waals surface area contributed by atoms with Crippen LogP contribution in [0.2, 0.25) is 0 Å². The fourth-order valence-corrected chi connectivity index (χ4v) is 7.45. The summed E-state index contributed by atoms with van der Waals surface area (Å²) in [4.78, 5) is 0. The first-order valence-electron chi connectivity index (χ1n) is 16.4. The molecule has 0 bridgehead atoms. The van der Waals surface area contributed by atoms with Gasteiger partial charge >= 0.3 is 0 Å². The number of rotatable bonds is 10. The van der Waals surface area contributed by atoms with Gasteiger partial charge in [-0.3, -0.25) is 0 Å². The predicted molar refractivity (Wildman–Crippen MR) is 162 cm³/mol. The molecule has 244 valence electrons. The molecule has 3 aromatic carbocycles. The van der Waals surface area contributed by atoms with Crippen LogP contribution in [0.5, 0.6) is 5.75 Å². The summed E-state index contributed by atoms with van der Waals surface area (Å²) in [5.74, 6) is -5.74. The number of benzene rings is 3. The second-order valence-electron chi connectivity index (χ2n) is 12.8. The average molecular weight is 633 g/mol. The van der Waals surface area contributed by atoms with E-state index in [9.17, 15) is 22.7 Å². The summed E-state index contributed by atoms with van der Waals surface area (Å²) in [7, 11) is 0. The summed E-state index contributed by atoms with van der Waals surface area (Å²) < 4.78 is 94.2. The summed E-state index contributed by atoms with van der Waals surface area (Å²) in [6.45, 7) is 3.64. The highest BCUT2D eigenvalue weighted by molar-refractivity contribution is 5.35. The van der Waals surface area contributed by atoms with E-state index in [2.05, 4.69) is 0 Å². The maximum Gasteiger partial charge on any atom is 0.200 e. The first-order valence-corrected chi connectivity index (χ1v) is 16.4. The fraction of sp³-hybridized carbons (Fsp3) is 0.514. The molecule has 2 fully saturated rings. The van der Waals surface area contributed by atoms with Crippen LogP contribution >= 0.6 is 0 Å². The maximum absolute atomic E-state index is 15.3. The van der Waals surface area contributed by atoms with Crippen molar-refractivity contribution in [2.45, 2.75) is 108 Å². The third-order valence-electron chi connectivity index (χ3n) is 10.2. The van der Waals surface area contributed by atoms with E-state index in [1.165, 1.54) is 12.1 Å². The highest BCUT2D eigenvalue weighted by atomic mass is 19.2. The van der Waals surface area contributed by atoms with Crippen LogP contribution in [0.1, 0.15) is 130 Å². The molecule has 0 amide bonds. The quantitative estimate of drug-likeness (QED) is 0.225. The van der Waals surface area contributed by atoms with Gasteiger partial charge in [0.15, 0.2) is 34.8 Å². The van der Waals surface area contributed by atoms with E-state index in [0.717, 1.165) is 12.8 Å². The lowest BCUT2D eigenvalue weighted by Crippen LogP contribution is -2.17. The second kappa shape index (κ2) is 14.6. The summed E-state index contributed by atoms with van der Waals surface area (Å²) in [5.41, 5.74) is 1.29. The van der Waals surface area contributed by atoms with E-state index in [0.29, 0.717) is 80.0 Å². The van der Waals surface area contributed by atoms with E-state index in [-0.39, 0.29) is 41.6 Å². The first-order chi connectivity index (χ1) is 21.6. The van der Waals surface area contributed by atoms with Crippen molar-refractivity contribution in [1.82, 2.24) is 0 Å². The molecular formula is C37H42F6O2. The first kappa shape index (κ1) is 33.4. The van der Waals surface area contributed by atoms with Crippen LogP contribution in [0.15, 0.2) is 36.4 Å². The zero-order valence-corrected chi connectivity index (χ0v) is 26.0. The van der Waals surface area contributed by atoms with Crippen LogP contribution in [0, 0.1) is 40.8 Å². The molecular weight excluding hydrogens is 590 g/mol. The Labute approximate surface area is 261 Å². The van der Waals surface area contributed by atoms with Crippen molar-refractivity contribution < 1.29 is 36.2 Å². The SMILES string of the molecule is CCOc1ccc(C2CCC(c3ccc(CCC4CCC(c5ccc(C(O)CC)c(F)c5F)CC4)c(F)c3F)CC2)c(F)c1F. The molecule has 2 aliphatic rings. The molecule has 2 saturated carbocycles. The molecule has 0 aliphatic heterocycles. The van der Waals surface area contributed by atoms with Crippen LogP contribution in [-0.4, -0.2) is 11.7 Å². The number of halogens is 6. The van der Waals surface area contributed by atoms with Gasteiger partial charge in [0.05, 0.1) is 12.7 Å². The summed E-state index contributed by atoms with van der Waals surface area (Å²) in [6.07, 6.45) is 5.45. The minimum atomic E-state index is -1.04. The lowest BCUT2D eigenvalue weighted by Gasteiger charge is -2.30. The Bertz CT molecular complexity index is 1470. The lowest BCUT2D eigenvalue weighted by atomic mass is 9.75. The highest BCUT2D eigenvalue weighted by Crippen LogP contribution is 2.44. The summed E-state index contributed by atoms with van der Waals surface area (Å²) >= 11 is 0. The third-order valence-corrected chi connectivity index (χ3v) is 10.2. The van der Waals surface area contributed by atoms with Crippen molar-refractivity contribution in [2.24, 2.45) is 5.92 Å². The number of ether oxygens (including phenoxy) is 1. The van der Waals surface area contributed by atoms with Gasteiger partial charge in [-0.05, 0) is 130 Å². The normalized spacial score (nSPS) is 22.8. The Morgan fingerprint density at radius 2 is 1.11 bits per heavy atom.